The average molecular weight is 728 g/mol. The topological polar surface area (TPSA) is 178 Å². The van der Waals surface area contributed by atoms with E-state index in [4.69, 9.17) is 14.2 Å². The molecule has 0 spiro atoms. The van der Waals surface area contributed by atoms with Crippen LogP contribution in [0.1, 0.15) is 59.3 Å². The number of aliphatic hydroxyl groups excluding tert-OH is 4. The summed E-state index contributed by atoms with van der Waals surface area (Å²) in [6, 6.07) is -0.584. The summed E-state index contributed by atoms with van der Waals surface area (Å²) in [5.41, 5.74) is 0. The fourth-order valence-corrected chi connectivity index (χ4v) is 5.61. The van der Waals surface area contributed by atoms with Crippen molar-refractivity contribution < 1.29 is 49.6 Å². The monoisotopic (exact) mass is 727 g/mol. The van der Waals surface area contributed by atoms with Gasteiger partial charge in [0.1, 0.15) is 12.2 Å². The Balaban J connectivity index is 2.78. The Hall–Kier alpha value is -3.32. The van der Waals surface area contributed by atoms with Gasteiger partial charge < -0.3 is 44.8 Å². The van der Waals surface area contributed by atoms with Crippen molar-refractivity contribution in [1.82, 2.24) is 0 Å². The summed E-state index contributed by atoms with van der Waals surface area (Å²) in [6.45, 7) is 12.8. The molecule has 0 aliphatic carbocycles. The minimum absolute atomic E-state index is 0.0455. The molecule has 1 aliphatic rings. The van der Waals surface area contributed by atoms with E-state index in [1.807, 2.05) is 80.7 Å². The van der Waals surface area contributed by atoms with Crippen molar-refractivity contribution in [3.8, 4) is 0 Å². The standard InChI is InChI=1S/C41H61NO10/c1-7-37(50-6)32(5)39(47)30(3)21-19-17-15-13-11-9-10-12-14-16-18-20-22-34(51-40-36(46)27-35(45)38(8-2)52-40)24-23-33(42-29-43)25-26-41(48,49)28-31(4)44/h7-22,30-40,44-49H,1-2,23-28H2,3-6H3/b10-9+,13-11+,14-12+,17-15+,18-16+,21-19+,22-20+/t30-,31-,32-,33-,34-,35-,36-,37-,38+,39+,40+/m0/s1. The fourth-order valence-electron chi connectivity index (χ4n) is 5.61. The Labute approximate surface area is 309 Å². The van der Waals surface area contributed by atoms with Gasteiger partial charge in [-0.2, -0.15) is 0 Å². The third-order valence-corrected chi connectivity index (χ3v) is 8.59. The van der Waals surface area contributed by atoms with Crippen LogP contribution in [-0.2, 0) is 19.0 Å². The summed E-state index contributed by atoms with van der Waals surface area (Å²) in [5, 5.41) is 61.0. The van der Waals surface area contributed by atoms with E-state index < -0.39 is 54.7 Å². The first-order valence-electron chi connectivity index (χ1n) is 17.8. The fraction of sp³-hybridized carbons (Fsp3) is 0.537. The van der Waals surface area contributed by atoms with E-state index in [1.54, 1.807) is 31.4 Å². The molecule has 11 atom stereocenters. The number of aliphatic hydroxyl groups is 6. The summed E-state index contributed by atoms with van der Waals surface area (Å²) in [7, 11) is 1.61. The predicted octanol–water partition coefficient (Wildman–Crippen LogP) is 4.84. The van der Waals surface area contributed by atoms with Gasteiger partial charge in [0.2, 0.25) is 6.08 Å². The van der Waals surface area contributed by atoms with Gasteiger partial charge >= 0.3 is 0 Å². The first kappa shape index (κ1) is 46.7. The largest absolute Gasteiger partial charge is 0.393 e. The van der Waals surface area contributed by atoms with Crippen molar-refractivity contribution in [2.24, 2.45) is 16.8 Å². The molecule has 0 bridgehead atoms. The lowest BCUT2D eigenvalue weighted by molar-refractivity contribution is -0.264. The summed E-state index contributed by atoms with van der Waals surface area (Å²) in [4.78, 5) is 14.9. The van der Waals surface area contributed by atoms with Gasteiger partial charge in [-0.15, -0.1) is 13.2 Å². The van der Waals surface area contributed by atoms with Crippen molar-refractivity contribution in [3.05, 3.63) is 110 Å². The van der Waals surface area contributed by atoms with Crippen molar-refractivity contribution in [2.75, 3.05) is 7.11 Å². The van der Waals surface area contributed by atoms with Crippen LogP contribution in [0, 0.1) is 11.8 Å². The van der Waals surface area contributed by atoms with Crippen LogP contribution in [-0.4, -0.2) is 105 Å². The zero-order valence-electron chi connectivity index (χ0n) is 31.0. The van der Waals surface area contributed by atoms with Crippen LogP contribution in [0.25, 0.3) is 0 Å². The second kappa shape index (κ2) is 26.4. The molecule has 1 saturated heterocycles. The van der Waals surface area contributed by atoms with Gasteiger partial charge in [0.15, 0.2) is 12.1 Å². The molecule has 0 radical (unpaired) electrons. The van der Waals surface area contributed by atoms with Gasteiger partial charge in [-0.25, -0.2) is 9.79 Å². The zero-order chi connectivity index (χ0) is 38.9. The van der Waals surface area contributed by atoms with Gasteiger partial charge in [0.25, 0.3) is 0 Å². The van der Waals surface area contributed by atoms with Crippen molar-refractivity contribution in [3.63, 3.8) is 0 Å². The maximum absolute atomic E-state index is 11.1. The number of methoxy groups -OCH3 is 1. The molecule has 0 amide bonds. The summed E-state index contributed by atoms with van der Waals surface area (Å²) < 4.78 is 17.1. The van der Waals surface area contributed by atoms with Crippen molar-refractivity contribution in [1.29, 1.82) is 0 Å². The highest BCUT2D eigenvalue weighted by Gasteiger charge is 2.36. The maximum Gasteiger partial charge on any atom is 0.235 e. The molecule has 11 heteroatoms. The highest BCUT2D eigenvalue weighted by molar-refractivity contribution is 5.33. The molecule has 0 saturated carbocycles. The molecule has 1 rings (SSSR count). The Bertz CT molecular complexity index is 1280. The molecule has 1 aliphatic heterocycles. The molecular weight excluding hydrogens is 666 g/mol. The molecule has 1 heterocycles. The van der Waals surface area contributed by atoms with E-state index in [0.29, 0.717) is 12.8 Å². The van der Waals surface area contributed by atoms with Gasteiger partial charge in [-0.05, 0) is 26.2 Å². The van der Waals surface area contributed by atoms with Crippen molar-refractivity contribution >= 4 is 6.08 Å². The first-order chi connectivity index (χ1) is 24.8. The van der Waals surface area contributed by atoms with E-state index in [1.165, 1.54) is 19.1 Å². The quantitative estimate of drug-likeness (QED) is 0.0251. The van der Waals surface area contributed by atoms with Gasteiger partial charge in [0, 0.05) is 38.2 Å². The molecule has 0 unspecified atom stereocenters. The second-order valence-electron chi connectivity index (χ2n) is 13.1. The molecule has 52 heavy (non-hydrogen) atoms. The Morgan fingerprint density at radius 2 is 1.42 bits per heavy atom. The number of allylic oxidation sites excluding steroid dienone is 12. The lowest BCUT2D eigenvalue weighted by atomic mass is 9.89. The molecule has 11 nitrogen and oxygen atoms in total. The summed E-state index contributed by atoms with van der Waals surface area (Å²) in [6.07, 6.45) is 25.3. The molecule has 0 aromatic heterocycles. The third kappa shape index (κ3) is 19.5. The second-order valence-corrected chi connectivity index (χ2v) is 13.1. The Morgan fingerprint density at radius 1 is 0.865 bits per heavy atom. The van der Waals surface area contributed by atoms with Crippen LogP contribution in [0.3, 0.4) is 0 Å². The van der Waals surface area contributed by atoms with Gasteiger partial charge in [0.05, 0.1) is 36.6 Å². The molecule has 290 valence electrons. The summed E-state index contributed by atoms with van der Waals surface area (Å²) in [5.74, 6) is -2.23. The predicted molar refractivity (Wildman–Crippen MR) is 204 cm³/mol. The van der Waals surface area contributed by atoms with Crippen molar-refractivity contribution in [2.45, 2.75) is 120 Å². The molecule has 0 aromatic rings. The van der Waals surface area contributed by atoms with Gasteiger partial charge in [-0.1, -0.05) is 111 Å². The zero-order valence-corrected chi connectivity index (χ0v) is 31.0. The number of isocyanates is 1. The third-order valence-electron chi connectivity index (χ3n) is 8.59. The molecule has 1 fully saturated rings. The Morgan fingerprint density at radius 3 is 1.92 bits per heavy atom. The number of nitrogens with zero attached hydrogens (tertiary/aromatic N) is 1. The number of rotatable bonds is 25. The number of hydrogen-bond acceptors (Lipinski definition) is 11. The van der Waals surface area contributed by atoms with E-state index in [0.717, 1.165) is 0 Å². The normalized spacial score (nSPS) is 24.6. The number of hydrogen-bond donors (Lipinski definition) is 6. The SMILES string of the molecule is C=C[C@H](OC)[C@H](C)[C@H](O)[C@@H](C)/C=C/C=C/C=C/C=C/C=C/C=C/C=C/[C@@H](CC[C@@H](CCC(O)(O)C[C@H](C)O)N=C=O)O[C@@H]1O[C@H](C=C)[C@@H](O)C[C@@H]1O. The average Bonchev–Trinajstić information content (AvgIpc) is 3.09. The number of ether oxygens (including phenoxy) is 3. The smallest absolute Gasteiger partial charge is 0.235 e. The highest BCUT2D eigenvalue weighted by atomic mass is 16.7. The van der Waals surface area contributed by atoms with Gasteiger partial charge in [-0.3, -0.25) is 0 Å². The first-order valence-corrected chi connectivity index (χ1v) is 17.8. The van der Waals surface area contributed by atoms with E-state index in [2.05, 4.69) is 18.2 Å². The van der Waals surface area contributed by atoms with E-state index in [9.17, 15) is 35.4 Å². The van der Waals surface area contributed by atoms with Crippen LogP contribution in [0.4, 0.5) is 0 Å². The van der Waals surface area contributed by atoms with Crippen LogP contribution in [0.2, 0.25) is 0 Å². The Kier molecular flexibility index (Phi) is 23.7. The lowest BCUT2D eigenvalue weighted by Gasteiger charge is -2.37. The van der Waals surface area contributed by atoms with Crippen LogP contribution >= 0.6 is 0 Å². The van der Waals surface area contributed by atoms with E-state index >= 15 is 0 Å². The molecular formula is C41H61NO10. The van der Waals surface area contributed by atoms with Crippen LogP contribution in [0.5, 0.6) is 0 Å². The lowest BCUT2D eigenvalue weighted by Crippen LogP contribution is -2.48. The number of aliphatic imine (C=N–C) groups is 1. The van der Waals surface area contributed by atoms with E-state index in [-0.39, 0.29) is 43.6 Å². The minimum Gasteiger partial charge on any atom is -0.393 e. The highest BCUT2D eigenvalue weighted by Crippen LogP contribution is 2.26. The number of carbonyl (C=O) groups excluding carboxylic acids is 1. The minimum atomic E-state index is -2.11. The summed E-state index contributed by atoms with van der Waals surface area (Å²) >= 11 is 0. The maximum atomic E-state index is 11.1. The van der Waals surface area contributed by atoms with Crippen LogP contribution < -0.4 is 0 Å². The molecule has 6 N–H and O–H groups in total. The molecule has 0 aromatic carbocycles. The van der Waals surface area contributed by atoms with Crippen LogP contribution in [0.15, 0.2) is 115 Å².